The molecule has 1 aliphatic heterocycles. The van der Waals surface area contributed by atoms with Gasteiger partial charge in [-0.15, -0.1) is 0 Å². The quantitative estimate of drug-likeness (QED) is 0.896. The van der Waals surface area contributed by atoms with Crippen molar-refractivity contribution in [1.82, 2.24) is 9.88 Å². The molecule has 0 atom stereocenters. The van der Waals surface area contributed by atoms with Crippen molar-refractivity contribution in [3.05, 3.63) is 30.5 Å². The second kappa shape index (κ2) is 4.96. The zero-order valence-electron chi connectivity index (χ0n) is 11.2. The Labute approximate surface area is 113 Å². The SMILES string of the molecule is CCC(=O)N1CCN(c2cccc3[nH]ccc23)CC1. The maximum absolute atomic E-state index is 11.7. The van der Waals surface area contributed by atoms with Crippen molar-refractivity contribution in [3.8, 4) is 0 Å². The summed E-state index contributed by atoms with van der Waals surface area (Å²) in [5.41, 5.74) is 2.44. The summed E-state index contributed by atoms with van der Waals surface area (Å²) in [6.07, 6.45) is 2.58. The third-order valence-electron chi connectivity index (χ3n) is 3.85. The standard InChI is InChI=1S/C15H19N3O/c1-2-15(19)18-10-8-17(9-11-18)14-5-3-4-13-12(14)6-7-16-13/h3-7,16H,2,8-11H2,1H3. The molecule has 0 bridgehead atoms. The highest BCUT2D eigenvalue weighted by atomic mass is 16.2. The zero-order chi connectivity index (χ0) is 13.2. The lowest BCUT2D eigenvalue weighted by Crippen LogP contribution is -2.48. The van der Waals surface area contributed by atoms with E-state index in [4.69, 9.17) is 0 Å². The van der Waals surface area contributed by atoms with Crippen LogP contribution in [0.5, 0.6) is 0 Å². The predicted molar refractivity (Wildman–Crippen MR) is 77.4 cm³/mol. The molecule has 3 rings (SSSR count). The second-order valence-corrected chi connectivity index (χ2v) is 4.94. The Morgan fingerprint density at radius 3 is 2.74 bits per heavy atom. The molecule has 1 aromatic heterocycles. The molecular weight excluding hydrogens is 238 g/mol. The summed E-state index contributed by atoms with van der Waals surface area (Å²) in [6.45, 7) is 5.41. The maximum Gasteiger partial charge on any atom is 0.222 e. The van der Waals surface area contributed by atoms with E-state index in [1.807, 2.05) is 18.0 Å². The Morgan fingerprint density at radius 2 is 2.00 bits per heavy atom. The average molecular weight is 257 g/mol. The van der Waals surface area contributed by atoms with E-state index in [2.05, 4.69) is 34.1 Å². The third kappa shape index (κ3) is 2.18. The lowest BCUT2D eigenvalue weighted by molar-refractivity contribution is -0.131. The minimum atomic E-state index is 0.263. The Balaban J connectivity index is 1.78. The number of hydrogen-bond acceptors (Lipinski definition) is 2. The molecule has 100 valence electrons. The van der Waals surface area contributed by atoms with Crippen LogP contribution in [-0.2, 0) is 4.79 Å². The highest BCUT2D eigenvalue weighted by molar-refractivity contribution is 5.92. The van der Waals surface area contributed by atoms with Crippen molar-refractivity contribution in [3.63, 3.8) is 0 Å². The molecule has 19 heavy (non-hydrogen) atoms. The molecule has 2 heterocycles. The van der Waals surface area contributed by atoms with Gasteiger partial charge >= 0.3 is 0 Å². The van der Waals surface area contributed by atoms with E-state index in [0.29, 0.717) is 6.42 Å². The van der Waals surface area contributed by atoms with Crippen molar-refractivity contribution in [2.45, 2.75) is 13.3 Å². The summed E-state index contributed by atoms with van der Waals surface area (Å²) in [6, 6.07) is 8.45. The number of carbonyl (C=O) groups is 1. The van der Waals surface area contributed by atoms with Crippen LogP contribution in [0.1, 0.15) is 13.3 Å². The van der Waals surface area contributed by atoms with Gasteiger partial charge in [-0.25, -0.2) is 0 Å². The van der Waals surface area contributed by atoms with E-state index >= 15 is 0 Å². The minimum absolute atomic E-state index is 0.263. The van der Waals surface area contributed by atoms with Crippen LogP contribution in [0.4, 0.5) is 5.69 Å². The molecule has 1 aliphatic rings. The fourth-order valence-corrected chi connectivity index (χ4v) is 2.76. The molecule has 0 aliphatic carbocycles. The lowest BCUT2D eigenvalue weighted by atomic mass is 10.1. The number of aromatic amines is 1. The average Bonchev–Trinajstić information content (AvgIpc) is 2.95. The summed E-state index contributed by atoms with van der Waals surface area (Å²) in [5.74, 6) is 0.263. The van der Waals surface area contributed by atoms with Gasteiger partial charge < -0.3 is 14.8 Å². The van der Waals surface area contributed by atoms with E-state index < -0.39 is 0 Å². The summed E-state index contributed by atoms with van der Waals surface area (Å²) in [5, 5.41) is 1.26. The first-order valence-corrected chi connectivity index (χ1v) is 6.88. The van der Waals surface area contributed by atoms with Crippen molar-refractivity contribution in [2.75, 3.05) is 31.1 Å². The topological polar surface area (TPSA) is 39.3 Å². The van der Waals surface area contributed by atoms with Crippen molar-refractivity contribution in [1.29, 1.82) is 0 Å². The van der Waals surface area contributed by atoms with E-state index in [0.717, 1.165) is 26.2 Å². The van der Waals surface area contributed by atoms with Crippen LogP contribution >= 0.6 is 0 Å². The molecule has 0 radical (unpaired) electrons. The monoisotopic (exact) mass is 257 g/mol. The number of piperazine rings is 1. The second-order valence-electron chi connectivity index (χ2n) is 4.94. The summed E-state index contributed by atoms with van der Waals surface area (Å²) < 4.78 is 0. The number of nitrogens with zero attached hydrogens (tertiary/aromatic N) is 2. The first-order chi connectivity index (χ1) is 9.29. The van der Waals surface area contributed by atoms with Gasteiger partial charge in [-0.2, -0.15) is 0 Å². The molecule has 1 fully saturated rings. The molecule has 4 heteroatoms. The van der Waals surface area contributed by atoms with Gasteiger partial charge in [0.1, 0.15) is 0 Å². The summed E-state index contributed by atoms with van der Waals surface area (Å²) >= 11 is 0. The number of amides is 1. The molecule has 1 amide bonds. The Morgan fingerprint density at radius 1 is 1.21 bits per heavy atom. The van der Waals surface area contributed by atoms with Crippen molar-refractivity contribution >= 4 is 22.5 Å². The number of fused-ring (bicyclic) bond motifs is 1. The molecule has 1 N–H and O–H groups in total. The van der Waals surface area contributed by atoms with Gasteiger partial charge in [-0.1, -0.05) is 13.0 Å². The number of carbonyl (C=O) groups excluding carboxylic acids is 1. The van der Waals surface area contributed by atoms with Gasteiger partial charge in [0, 0.05) is 55.4 Å². The number of aromatic nitrogens is 1. The molecular formula is C15H19N3O. The third-order valence-corrected chi connectivity index (χ3v) is 3.85. The summed E-state index contributed by atoms with van der Waals surface area (Å²) in [4.78, 5) is 19.3. The fourth-order valence-electron chi connectivity index (χ4n) is 2.76. The first kappa shape index (κ1) is 12.1. The first-order valence-electron chi connectivity index (χ1n) is 6.88. The molecule has 0 saturated carbocycles. The number of rotatable bonds is 2. The Kier molecular flexibility index (Phi) is 3.15. The van der Waals surface area contributed by atoms with E-state index in [1.165, 1.54) is 16.6 Å². The van der Waals surface area contributed by atoms with Crippen molar-refractivity contribution < 1.29 is 4.79 Å². The zero-order valence-corrected chi connectivity index (χ0v) is 11.2. The molecule has 2 aromatic rings. The smallest absolute Gasteiger partial charge is 0.222 e. The number of nitrogens with one attached hydrogen (secondary N) is 1. The number of H-pyrrole nitrogens is 1. The predicted octanol–water partition coefficient (Wildman–Crippen LogP) is 2.23. The van der Waals surface area contributed by atoms with Gasteiger partial charge in [-0.05, 0) is 18.2 Å². The van der Waals surface area contributed by atoms with Crippen LogP contribution < -0.4 is 4.90 Å². The van der Waals surface area contributed by atoms with Gasteiger partial charge in [0.25, 0.3) is 0 Å². The fraction of sp³-hybridized carbons (Fsp3) is 0.400. The van der Waals surface area contributed by atoms with Gasteiger partial charge in [-0.3, -0.25) is 4.79 Å². The molecule has 4 nitrogen and oxygen atoms in total. The molecule has 1 aromatic carbocycles. The Hall–Kier alpha value is -1.97. The van der Waals surface area contributed by atoms with Crippen LogP contribution in [0.15, 0.2) is 30.5 Å². The van der Waals surface area contributed by atoms with Crippen LogP contribution in [0, 0.1) is 0 Å². The number of hydrogen-bond donors (Lipinski definition) is 1. The Bertz CT molecular complexity index is 582. The van der Waals surface area contributed by atoms with Crippen LogP contribution in [0.25, 0.3) is 10.9 Å². The van der Waals surface area contributed by atoms with Crippen molar-refractivity contribution in [2.24, 2.45) is 0 Å². The van der Waals surface area contributed by atoms with Crippen LogP contribution in [0.3, 0.4) is 0 Å². The van der Waals surface area contributed by atoms with Gasteiger partial charge in [0.2, 0.25) is 5.91 Å². The minimum Gasteiger partial charge on any atom is -0.367 e. The maximum atomic E-state index is 11.7. The van der Waals surface area contributed by atoms with Crippen LogP contribution in [-0.4, -0.2) is 42.0 Å². The van der Waals surface area contributed by atoms with E-state index in [9.17, 15) is 4.79 Å². The van der Waals surface area contributed by atoms with E-state index in [1.54, 1.807) is 0 Å². The van der Waals surface area contributed by atoms with E-state index in [-0.39, 0.29) is 5.91 Å². The highest BCUT2D eigenvalue weighted by Crippen LogP contribution is 2.26. The largest absolute Gasteiger partial charge is 0.367 e. The number of benzene rings is 1. The molecule has 0 spiro atoms. The van der Waals surface area contributed by atoms with Crippen LogP contribution in [0.2, 0.25) is 0 Å². The lowest BCUT2D eigenvalue weighted by Gasteiger charge is -2.36. The van der Waals surface area contributed by atoms with Gasteiger partial charge in [0.05, 0.1) is 0 Å². The normalized spacial score (nSPS) is 16.1. The van der Waals surface area contributed by atoms with Gasteiger partial charge in [0.15, 0.2) is 0 Å². The summed E-state index contributed by atoms with van der Waals surface area (Å²) in [7, 11) is 0. The highest BCUT2D eigenvalue weighted by Gasteiger charge is 2.21. The number of anilines is 1. The molecule has 0 unspecified atom stereocenters. The molecule has 1 saturated heterocycles.